The molecule has 3 N–H and O–H groups in total. The number of nitrogens with zero attached hydrogens (tertiary/aromatic N) is 2. The number of aromatic amines is 2. The molecule has 0 aliphatic carbocycles. The lowest BCUT2D eigenvalue weighted by Gasteiger charge is -2.10. The van der Waals surface area contributed by atoms with Crippen molar-refractivity contribution in [3.05, 3.63) is 70.4 Å². The summed E-state index contributed by atoms with van der Waals surface area (Å²) in [4.78, 5) is 27.0. The van der Waals surface area contributed by atoms with Crippen molar-refractivity contribution in [3.8, 4) is 0 Å². The summed E-state index contributed by atoms with van der Waals surface area (Å²) < 4.78 is 0. The average molecular weight is 362 g/mol. The van der Waals surface area contributed by atoms with Gasteiger partial charge in [-0.25, -0.2) is 4.98 Å². The zero-order valence-electron chi connectivity index (χ0n) is 13.4. The molecule has 7 heteroatoms. The molecule has 0 saturated carbocycles. The number of fused-ring (bicyclic) bond motifs is 5. The number of rotatable bonds is 2. The summed E-state index contributed by atoms with van der Waals surface area (Å²) in [6.07, 6.45) is 5.11. The Labute approximate surface area is 151 Å². The maximum Gasteiger partial charge on any atom is 0.272 e. The highest BCUT2D eigenvalue weighted by molar-refractivity contribution is 6.30. The van der Waals surface area contributed by atoms with Crippen molar-refractivity contribution in [3.63, 3.8) is 0 Å². The van der Waals surface area contributed by atoms with Crippen molar-refractivity contribution in [1.82, 2.24) is 19.9 Å². The van der Waals surface area contributed by atoms with Crippen LogP contribution < -0.4 is 10.9 Å². The van der Waals surface area contributed by atoms with Crippen LogP contribution in [0.4, 0.5) is 11.5 Å². The van der Waals surface area contributed by atoms with E-state index in [2.05, 4.69) is 20.3 Å². The number of hydrogen-bond donors (Lipinski definition) is 3. The molecule has 4 heterocycles. The van der Waals surface area contributed by atoms with Gasteiger partial charge in [-0.15, -0.1) is 0 Å². The van der Waals surface area contributed by atoms with Gasteiger partial charge < -0.3 is 15.3 Å². The van der Waals surface area contributed by atoms with E-state index < -0.39 is 0 Å². The van der Waals surface area contributed by atoms with Crippen LogP contribution >= 0.6 is 11.6 Å². The maximum atomic E-state index is 12.1. The summed E-state index contributed by atoms with van der Waals surface area (Å²) >= 11 is 5.96. The van der Waals surface area contributed by atoms with E-state index in [1.807, 2.05) is 36.4 Å². The van der Waals surface area contributed by atoms with Crippen LogP contribution in [-0.2, 0) is 0 Å². The Morgan fingerprint density at radius 2 is 1.81 bits per heavy atom. The molecule has 0 aliphatic rings. The fourth-order valence-electron chi connectivity index (χ4n) is 3.17. The number of aromatic nitrogens is 4. The van der Waals surface area contributed by atoms with Gasteiger partial charge in [-0.2, -0.15) is 0 Å². The van der Waals surface area contributed by atoms with E-state index in [9.17, 15) is 4.79 Å². The van der Waals surface area contributed by atoms with Crippen molar-refractivity contribution in [1.29, 1.82) is 0 Å². The molecule has 1 aromatic carbocycles. The monoisotopic (exact) mass is 361 g/mol. The molecule has 5 rings (SSSR count). The fraction of sp³-hybridized carbons (Fsp3) is 0. The van der Waals surface area contributed by atoms with E-state index in [0.717, 1.165) is 32.9 Å². The predicted molar refractivity (Wildman–Crippen MR) is 104 cm³/mol. The zero-order chi connectivity index (χ0) is 17.7. The van der Waals surface area contributed by atoms with Crippen LogP contribution in [0.2, 0.25) is 5.02 Å². The zero-order valence-corrected chi connectivity index (χ0v) is 14.1. The molecular weight excluding hydrogens is 350 g/mol. The normalized spacial score (nSPS) is 11.4. The van der Waals surface area contributed by atoms with E-state index in [1.54, 1.807) is 18.6 Å². The summed E-state index contributed by atoms with van der Waals surface area (Å²) in [5, 5.41) is 6.57. The molecule has 0 bridgehead atoms. The van der Waals surface area contributed by atoms with Crippen molar-refractivity contribution < 1.29 is 0 Å². The smallest absolute Gasteiger partial charge is 0.272 e. The van der Waals surface area contributed by atoms with Gasteiger partial charge in [0.05, 0.1) is 11.0 Å². The minimum atomic E-state index is -0.171. The quantitative estimate of drug-likeness (QED) is 0.436. The molecule has 26 heavy (non-hydrogen) atoms. The SMILES string of the molecule is O=c1[nH]ccc2c1[nH]c1c3ccncc3c(Nc3ccc(Cl)cc3)nc21. The van der Waals surface area contributed by atoms with Crippen LogP contribution in [0.5, 0.6) is 0 Å². The molecular formula is C19H12ClN5O. The van der Waals surface area contributed by atoms with Crippen molar-refractivity contribution in [2.45, 2.75) is 0 Å². The molecule has 0 unspecified atom stereocenters. The molecule has 0 saturated heterocycles. The number of hydrogen-bond acceptors (Lipinski definition) is 4. The third-order valence-electron chi connectivity index (χ3n) is 4.38. The van der Waals surface area contributed by atoms with E-state index in [0.29, 0.717) is 16.4 Å². The first kappa shape index (κ1) is 14.9. The van der Waals surface area contributed by atoms with Gasteiger partial charge in [0.15, 0.2) is 0 Å². The van der Waals surface area contributed by atoms with Crippen LogP contribution in [0.1, 0.15) is 0 Å². The fourth-order valence-corrected chi connectivity index (χ4v) is 3.29. The highest BCUT2D eigenvalue weighted by atomic mass is 35.5. The standard InChI is InChI=1S/C19H12ClN5O/c20-10-1-3-11(4-2-10)23-18-14-9-21-7-5-12(14)15-16(25-18)13-6-8-22-19(26)17(13)24-15/h1-9,24H,(H,22,26)(H,23,25). The Kier molecular flexibility index (Phi) is 3.20. The lowest BCUT2D eigenvalue weighted by Crippen LogP contribution is -2.03. The van der Waals surface area contributed by atoms with Gasteiger partial charge in [0, 0.05) is 45.5 Å². The molecule has 0 spiro atoms. The first-order valence-electron chi connectivity index (χ1n) is 8.00. The molecule has 0 fully saturated rings. The second-order valence-corrected chi connectivity index (χ2v) is 6.39. The molecule has 126 valence electrons. The van der Waals surface area contributed by atoms with Gasteiger partial charge in [-0.05, 0) is 36.4 Å². The van der Waals surface area contributed by atoms with Gasteiger partial charge in [-0.3, -0.25) is 9.78 Å². The Balaban J connectivity index is 1.84. The number of pyridine rings is 3. The summed E-state index contributed by atoms with van der Waals surface area (Å²) in [6, 6.07) is 11.2. The molecule has 0 amide bonds. The Bertz CT molecular complexity index is 1340. The average Bonchev–Trinajstić information content (AvgIpc) is 3.04. The van der Waals surface area contributed by atoms with Crippen molar-refractivity contribution in [2.24, 2.45) is 0 Å². The summed E-state index contributed by atoms with van der Waals surface area (Å²) in [7, 11) is 0. The number of halogens is 1. The number of benzene rings is 1. The topological polar surface area (TPSA) is 86.5 Å². The Morgan fingerprint density at radius 1 is 0.962 bits per heavy atom. The van der Waals surface area contributed by atoms with Crippen LogP contribution in [0.3, 0.4) is 0 Å². The summed E-state index contributed by atoms with van der Waals surface area (Å²) in [6.45, 7) is 0. The van der Waals surface area contributed by atoms with Crippen LogP contribution in [-0.4, -0.2) is 19.9 Å². The third kappa shape index (κ3) is 2.23. The number of H-pyrrole nitrogens is 2. The summed E-state index contributed by atoms with van der Waals surface area (Å²) in [5.41, 5.74) is 2.76. The maximum absolute atomic E-state index is 12.1. The lowest BCUT2D eigenvalue weighted by molar-refractivity contribution is 1.26. The minimum Gasteiger partial charge on any atom is -0.348 e. The van der Waals surface area contributed by atoms with Crippen molar-refractivity contribution in [2.75, 3.05) is 5.32 Å². The van der Waals surface area contributed by atoms with Gasteiger partial charge in [-0.1, -0.05) is 11.6 Å². The first-order chi connectivity index (χ1) is 12.7. The largest absolute Gasteiger partial charge is 0.348 e. The lowest BCUT2D eigenvalue weighted by atomic mass is 10.1. The highest BCUT2D eigenvalue weighted by Crippen LogP contribution is 2.33. The molecule has 0 aliphatic heterocycles. The molecule has 4 aromatic heterocycles. The van der Waals surface area contributed by atoms with E-state index >= 15 is 0 Å². The predicted octanol–water partition coefficient (Wildman–Crippen LogP) is 4.35. The Morgan fingerprint density at radius 3 is 2.65 bits per heavy atom. The molecule has 6 nitrogen and oxygen atoms in total. The molecule has 0 atom stereocenters. The van der Waals surface area contributed by atoms with Crippen LogP contribution in [0.15, 0.2) is 59.8 Å². The second kappa shape index (κ2) is 5.57. The van der Waals surface area contributed by atoms with Gasteiger partial charge in [0.1, 0.15) is 11.3 Å². The third-order valence-corrected chi connectivity index (χ3v) is 4.63. The summed E-state index contributed by atoms with van der Waals surface area (Å²) in [5.74, 6) is 0.670. The van der Waals surface area contributed by atoms with E-state index in [4.69, 9.17) is 16.6 Å². The van der Waals surface area contributed by atoms with Gasteiger partial charge in [0.25, 0.3) is 5.56 Å². The van der Waals surface area contributed by atoms with E-state index in [-0.39, 0.29) is 5.56 Å². The Hall–Kier alpha value is -3.38. The molecule has 5 aromatic rings. The van der Waals surface area contributed by atoms with Gasteiger partial charge >= 0.3 is 0 Å². The second-order valence-electron chi connectivity index (χ2n) is 5.96. The first-order valence-corrected chi connectivity index (χ1v) is 8.38. The highest BCUT2D eigenvalue weighted by Gasteiger charge is 2.14. The van der Waals surface area contributed by atoms with Gasteiger partial charge in [0.2, 0.25) is 0 Å². The van der Waals surface area contributed by atoms with Crippen LogP contribution in [0, 0.1) is 0 Å². The number of anilines is 2. The van der Waals surface area contributed by atoms with E-state index in [1.165, 1.54) is 0 Å². The van der Waals surface area contributed by atoms with Crippen molar-refractivity contribution >= 4 is 55.8 Å². The number of nitrogens with one attached hydrogen (secondary N) is 3. The minimum absolute atomic E-state index is 0.171. The van der Waals surface area contributed by atoms with Crippen LogP contribution in [0.25, 0.3) is 32.7 Å². The molecule has 0 radical (unpaired) electrons.